The van der Waals surface area contributed by atoms with E-state index < -0.39 is 11.9 Å². The van der Waals surface area contributed by atoms with Crippen LogP contribution in [0.15, 0.2) is 17.3 Å². The van der Waals surface area contributed by atoms with Gasteiger partial charge < -0.3 is 5.73 Å². The fourth-order valence-electron chi connectivity index (χ4n) is 0.624. The third-order valence-electron chi connectivity index (χ3n) is 1.30. The maximum absolute atomic E-state index is 10.5. The van der Waals surface area contributed by atoms with E-state index in [1.807, 2.05) is 0 Å². The molecule has 5 heteroatoms. The Morgan fingerprint density at radius 3 is 2.73 bits per heavy atom. The first kappa shape index (κ1) is 9.52. The molecule has 11 heavy (non-hydrogen) atoms. The Balaban J connectivity index is 4.38. The number of nitrogens with two attached hydrogens (primary N) is 1. The first-order valence-corrected chi connectivity index (χ1v) is 3.16. The number of hydrogen-bond donors (Lipinski definition) is 1. The lowest BCUT2D eigenvalue weighted by atomic mass is 10.1. The van der Waals surface area contributed by atoms with Crippen LogP contribution in [0, 0.1) is 0 Å². The number of nitrogens with zero attached hydrogens (tertiary/aromatic N) is 3. The highest BCUT2D eigenvalue weighted by atomic mass is 16.1. The lowest BCUT2D eigenvalue weighted by Gasteiger charge is -2.06. The second kappa shape index (κ2) is 4.35. The summed E-state index contributed by atoms with van der Waals surface area (Å²) < 4.78 is 0. The Kier molecular flexibility index (Phi) is 3.77. The van der Waals surface area contributed by atoms with Crippen molar-refractivity contribution < 1.29 is 4.79 Å². The fourth-order valence-corrected chi connectivity index (χ4v) is 0.624. The highest BCUT2D eigenvalue weighted by molar-refractivity contribution is 5.92. The summed E-state index contributed by atoms with van der Waals surface area (Å²) >= 11 is 0. The molecule has 0 rings (SSSR count). The van der Waals surface area contributed by atoms with Gasteiger partial charge in [0.2, 0.25) is 5.91 Å². The van der Waals surface area contributed by atoms with E-state index in [1.54, 1.807) is 6.92 Å². The summed E-state index contributed by atoms with van der Waals surface area (Å²) in [7, 11) is 0. The molecule has 1 atom stereocenters. The third kappa shape index (κ3) is 2.73. The van der Waals surface area contributed by atoms with Gasteiger partial charge in [0, 0.05) is 10.5 Å². The van der Waals surface area contributed by atoms with Crippen LogP contribution in [0.5, 0.6) is 0 Å². The van der Waals surface area contributed by atoms with Crippen LogP contribution in [0.1, 0.15) is 13.3 Å². The number of amides is 1. The molecule has 0 aliphatic heterocycles. The zero-order valence-corrected chi connectivity index (χ0v) is 6.32. The summed E-state index contributed by atoms with van der Waals surface area (Å²) in [4.78, 5) is 13.1. The molecule has 0 heterocycles. The van der Waals surface area contributed by atoms with Gasteiger partial charge in [-0.2, -0.15) is 0 Å². The van der Waals surface area contributed by atoms with Gasteiger partial charge in [-0.15, -0.1) is 0 Å². The number of carbonyl (C=O) groups is 1. The van der Waals surface area contributed by atoms with E-state index in [9.17, 15) is 4.79 Å². The minimum Gasteiger partial charge on any atom is -0.366 e. The molecule has 0 aliphatic carbocycles. The molecule has 1 unspecified atom stereocenters. The summed E-state index contributed by atoms with van der Waals surface area (Å²) in [6.45, 7) is 5.19. The minimum atomic E-state index is -0.621. The summed E-state index contributed by atoms with van der Waals surface area (Å²) in [6, 6.07) is -0.502. The molecule has 0 saturated heterocycles. The van der Waals surface area contributed by atoms with Gasteiger partial charge in [-0.3, -0.25) is 4.79 Å². The Hall–Kier alpha value is -1.48. The van der Waals surface area contributed by atoms with Gasteiger partial charge in [0.1, 0.15) is 0 Å². The van der Waals surface area contributed by atoms with E-state index in [-0.39, 0.29) is 5.57 Å². The second-order valence-corrected chi connectivity index (χ2v) is 2.02. The first-order chi connectivity index (χ1) is 5.13. The van der Waals surface area contributed by atoms with Crippen LogP contribution in [0.3, 0.4) is 0 Å². The van der Waals surface area contributed by atoms with Gasteiger partial charge in [-0.25, -0.2) is 0 Å². The minimum absolute atomic E-state index is 0.158. The Bertz CT molecular complexity index is 217. The maximum atomic E-state index is 10.5. The molecule has 0 radical (unpaired) electrons. The molecule has 0 aromatic rings. The largest absolute Gasteiger partial charge is 0.366 e. The molecule has 0 bridgehead atoms. The lowest BCUT2D eigenvalue weighted by molar-refractivity contribution is -0.114. The van der Waals surface area contributed by atoms with Gasteiger partial charge in [0.25, 0.3) is 0 Å². The van der Waals surface area contributed by atoms with Crippen LogP contribution in [-0.2, 0) is 4.79 Å². The third-order valence-corrected chi connectivity index (χ3v) is 1.30. The number of carbonyl (C=O) groups excluding carboxylic acids is 1. The van der Waals surface area contributed by atoms with Gasteiger partial charge in [0.05, 0.1) is 6.04 Å². The molecule has 5 nitrogen and oxygen atoms in total. The molecule has 0 spiro atoms. The van der Waals surface area contributed by atoms with E-state index in [1.165, 1.54) is 0 Å². The molecule has 0 aliphatic rings. The molecule has 2 N–H and O–H groups in total. The second-order valence-electron chi connectivity index (χ2n) is 2.02. The average Bonchev–Trinajstić information content (AvgIpc) is 1.98. The molecule has 1 amide bonds. The Labute approximate surface area is 64.5 Å². The molecule has 0 aromatic heterocycles. The highest BCUT2D eigenvalue weighted by Crippen LogP contribution is 2.07. The van der Waals surface area contributed by atoms with E-state index in [4.69, 9.17) is 11.3 Å². The van der Waals surface area contributed by atoms with Crippen molar-refractivity contribution in [3.05, 3.63) is 22.6 Å². The predicted molar refractivity (Wildman–Crippen MR) is 41.6 cm³/mol. The van der Waals surface area contributed by atoms with Gasteiger partial charge in [-0.1, -0.05) is 18.6 Å². The van der Waals surface area contributed by atoms with Crippen molar-refractivity contribution in [1.82, 2.24) is 0 Å². The maximum Gasteiger partial charge on any atom is 0.244 e. The van der Waals surface area contributed by atoms with Crippen LogP contribution >= 0.6 is 0 Å². The SMILES string of the molecule is C=C(C(N)=O)C(CC)N=[N+]=[N-]. The first-order valence-electron chi connectivity index (χ1n) is 3.16. The van der Waals surface area contributed by atoms with Crippen molar-refractivity contribution in [2.45, 2.75) is 19.4 Å². The van der Waals surface area contributed by atoms with Crippen molar-refractivity contribution >= 4 is 5.91 Å². The number of azide groups is 1. The number of rotatable bonds is 4. The number of hydrogen-bond acceptors (Lipinski definition) is 2. The predicted octanol–water partition coefficient (Wildman–Crippen LogP) is 1.12. The van der Waals surface area contributed by atoms with Crippen LogP contribution in [-0.4, -0.2) is 11.9 Å². The van der Waals surface area contributed by atoms with E-state index >= 15 is 0 Å². The van der Waals surface area contributed by atoms with Crippen molar-refractivity contribution in [3.63, 3.8) is 0 Å². The molecule has 0 saturated carbocycles. The van der Waals surface area contributed by atoms with Crippen molar-refractivity contribution in [2.24, 2.45) is 10.8 Å². The van der Waals surface area contributed by atoms with Gasteiger partial charge in [0.15, 0.2) is 0 Å². The smallest absolute Gasteiger partial charge is 0.244 e. The summed E-state index contributed by atoms with van der Waals surface area (Å²) in [5, 5.41) is 3.34. The van der Waals surface area contributed by atoms with Gasteiger partial charge >= 0.3 is 0 Å². The van der Waals surface area contributed by atoms with Crippen molar-refractivity contribution in [2.75, 3.05) is 0 Å². The summed E-state index contributed by atoms with van der Waals surface area (Å²) in [5.74, 6) is -0.621. The molecular formula is C6H10N4O. The molecular weight excluding hydrogens is 144 g/mol. The summed E-state index contributed by atoms with van der Waals surface area (Å²) in [5.41, 5.74) is 13.1. The average molecular weight is 154 g/mol. The van der Waals surface area contributed by atoms with E-state index in [0.29, 0.717) is 6.42 Å². The Morgan fingerprint density at radius 1 is 1.91 bits per heavy atom. The monoisotopic (exact) mass is 154 g/mol. The Morgan fingerprint density at radius 2 is 2.45 bits per heavy atom. The van der Waals surface area contributed by atoms with Crippen molar-refractivity contribution in [3.8, 4) is 0 Å². The van der Waals surface area contributed by atoms with Gasteiger partial charge in [-0.05, 0) is 12.0 Å². The molecule has 0 fully saturated rings. The molecule has 60 valence electrons. The standard InChI is InChI=1S/C6H10N4O/c1-3-5(9-10-8)4(2)6(7)11/h5H,2-3H2,1H3,(H2,7,11). The van der Waals surface area contributed by atoms with Crippen LogP contribution < -0.4 is 5.73 Å². The molecule has 0 aromatic carbocycles. The summed E-state index contributed by atoms with van der Waals surface area (Å²) in [6.07, 6.45) is 0.534. The van der Waals surface area contributed by atoms with E-state index in [2.05, 4.69) is 16.6 Å². The normalized spacial score (nSPS) is 11.4. The van der Waals surface area contributed by atoms with E-state index in [0.717, 1.165) is 0 Å². The topological polar surface area (TPSA) is 91.9 Å². The lowest BCUT2D eigenvalue weighted by Crippen LogP contribution is -2.21. The zero-order valence-electron chi connectivity index (χ0n) is 6.32. The fraction of sp³-hybridized carbons (Fsp3) is 0.500. The highest BCUT2D eigenvalue weighted by Gasteiger charge is 2.12. The van der Waals surface area contributed by atoms with Crippen LogP contribution in [0.25, 0.3) is 10.4 Å². The van der Waals surface area contributed by atoms with Crippen LogP contribution in [0.2, 0.25) is 0 Å². The van der Waals surface area contributed by atoms with Crippen molar-refractivity contribution in [1.29, 1.82) is 0 Å². The quantitative estimate of drug-likeness (QED) is 0.279. The zero-order chi connectivity index (χ0) is 8.85. The number of primary amides is 1. The van der Waals surface area contributed by atoms with Crippen LogP contribution in [0.4, 0.5) is 0 Å².